The molecule has 1 aliphatic carbocycles. The molecule has 1 aromatic carbocycles. The molecule has 3 rings (SSSR count). The van der Waals surface area contributed by atoms with Crippen molar-refractivity contribution in [3.63, 3.8) is 0 Å². The van der Waals surface area contributed by atoms with Crippen molar-refractivity contribution < 1.29 is 23.9 Å². The molecule has 0 atom stereocenters. The molecule has 8 nitrogen and oxygen atoms in total. The maximum absolute atomic E-state index is 12.2. The summed E-state index contributed by atoms with van der Waals surface area (Å²) in [5, 5.41) is 5.46. The van der Waals surface area contributed by atoms with E-state index in [-0.39, 0.29) is 6.54 Å². The first-order valence-corrected chi connectivity index (χ1v) is 10.0. The molecule has 154 valence electrons. The largest absolute Gasteiger partial charge is 0.493 e. The van der Waals surface area contributed by atoms with Gasteiger partial charge in [-0.3, -0.25) is 14.4 Å². The minimum atomic E-state index is -0.820. The van der Waals surface area contributed by atoms with Crippen LogP contribution < -0.4 is 25.8 Å². The van der Waals surface area contributed by atoms with Crippen molar-refractivity contribution in [1.29, 1.82) is 0 Å². The average molecular weight is 417 g/mol. The molecule has 0 aliphatic heterocycles. The molecule has 2 aromatic rings. The van der Waals surface area contributed by atoms with Crippen molar-refractivity contribution >= 4 is 34.1 Å². The van der Waals surface area contributed by atoms with Crippen LogP contribution in [0.3, 0.4) is 0 Å². The number of nitrogens with two attached hydrogens (primary N) is 1. The van der Waals surface area contributed by atoms with Crippen molar-refractivity contribution in [2.45, 2.75) is 25.7 Å². The van der Waals surface area contributed by atoms with E-state index in [0.29, 0.717) is 28.5 Å². The molecule has 1 heterocycles. The Morgan fingerprint density at radius 1 is 1.10 bits per heavy atom. The Balaban J connectivity index is 1.57. The first-order valence-electron chi connectivity index (χ1n) is 9.19. The van der Waals surface area contributed by atoms with Gasteiger partial charge in [0.25, 0.3) is 5.91 Å². The van der Waals surface area contributed by atoms with Crippen molar-refractivity contribution in [3.8, 4) is 11.5 Å². The summed E-state index contributed by atoms with van der Waals surface area (Å²) in [7, 11) is 3.11. The highest BCUT2D eigenvalue weighted by Crippen LogP contribution is 2.38. The maximum Gasteiger partial charge on any atom is 0.314 e. The molecular weight excluding hydrogens is 394 g/mol. The van der Waals surface area contributed by atoms with Gasteiger partial charge in [-0.25, -0.2) is 0 Å². The normalized spacial score (nSPS) is 12.2. The van der Waals surface area contributed by atoms with Crippen LogP contribution >= 0.6 is 11.3 Å². The minimum Gasteiger partial charge on any atom is -0.493 e. The molecule has 1 aliphatic rings. The third-order valence-electron chi connectivity index (χ3n) is 4.75. The summed E-state index contributed by atoms with van der Waals surface area (Å²) >= 11 is 1.31. The van der Waals surface area contributed by atoms with E-state index >= 15 is 0 Å². The zero-order valence-corrected chi connectivity index (χ0v) is 17.1. The Hall–Kier alpha value is -3.07. The third kappa shape index (κ3) is 4.51. The molecule has 3 amide bonds. The monoisotopic (exact) mass is 417 g/mol. The summed E-state index contributed by atoms with van der Waals surface area (Å²) in [6, 6.07) is 5.46. The van der Waals surface area contributed by atoms with E-state index in [0.717, 1.165) is 35.3 Å². The molecule has 4 N–H and O–H groups in total. The molecule has 0 saturated carbocycles. The fourth-order valence-electron chi connectivity index (χ4n) is 3.35. The van der Waals surface area contributed by atoms with Crippen molar-refractivity contribution in [2.75, 3.05) is 26.1 Å². The smallest absolute Gasteiger partial charge is 0.314 e. The first-order chi connectivity index (χ1) is 13.9. The van der Waals surface area contributed by atoms with Crippen molar-refractivity contribution in [3.05, 3.63) is 39.8 Å². The lowest BCUT2D eigenvalue weighted by atomic mass is 10.1. The summed E-state index contributed by atoms with van der Waals surface area (Å²) in [6.07, 6.45) is 3.09. The number of methoxy groups -OCH3 is 2. The number of aryl methyl sites for hydroxylation is 1. The summed E-state index contributed by atoms with van der Waals surface area (Å²) in [5.74, 6) is -0.964. The number of hydrogen-bond acceptors (Lipinski definition) is 6. The molecule has 0 radical (unpaired) electrons. The van der Waals surface area contributed by atoms with Gasteiger partial charge in [0, 0.05) is 11.4 Å². The highest BCUT2D eigenvalue weighted by Gasteiger charge is 2.27. The van der Waals surface area contributed by atoms with Crippen LogP contribution in [0.1, 0.15) is 32.8 Å². The number of nitrogens with one attached hydrogen (secondary N) is 2. The fraction of sp³-hybridized carbons (Fsp3) is 0.350. The lowest BCUT2D eigenvalue weighted by Gasteiger charge is -2.10. The highest BCUT2D eigenvalue weighted by atomic mass is 32.1. The van der Waals surface area contributed by atoms with E-state index in [4.69, 9.17) is 15.2 Å². The average Bonchev–Trinajstić information content (AvgIpc) is 3.28. The number of thiophene rings is 1. The number of carbonyl (C=O) groups excluding carboxylic acids is 3. The predicted molar refractivity (Wildman–Crippen MR) is 110 cm³/mol. The Morgan fingerprint density at radius 2 is 1.86 bits per heavy atom. The van der Waals surface area contributed by atoms with E-state index in [1.54, 1.807) is 20.3 Å². The Bertz CT molecular complexity index is 954. The minimum absolute atomic E-state index is 0.269. The van der Waals surface area contributed by atoms with Crippen LogP contribution in [-0.2, 0) is 28.9 Å². The second-order valence-electron chi connectivity index (χ2n) is 6.58. The number of carbonyl (C=O) groups is 3. The van der Waals surface area contributed by atoms with Gasteiger partial charge in [0.2, 0.25) is 0 Å². The van der Waals surface area contributed by atoms with Crippen molar-refractivity contribution in [1.82, 2.24) is 5.32 Å². The molecule has 29 heavy (non-hydrogen) atoms. The lowest BCUT2D eigenvalue weighted by Crippen LogP contribution is -2.36. The zero-order valence-electron chi connectivity index (χ0n) is 16.3. The van der Waals surface area contributed by atoms with Gasteiger partial charge >= 0.3 is 11.8 Å². The van der Waals surface area contributed by atoms with Gasteiger partial charge in [-0.2, -0.15) is 0 Å². The van der Waals surface area contributed by atoms with E-state index in [9.17, 15) is 14.4 Å². The predicted octanol–water partition coefficient (Wildman–Crippen LogP) is 1.65. The summed E-state index contributed by atoms with van der Waals surface area (Å²) in [4.78, 5) is 37.2. The standard InChI is InChI=1S/C20H23N3O5S/c1-27-13-7-6-11(10-14(13)28-2)8-9-22-18(25)19(26)23-20-16(17(21)24)12-4-3-5-15(12)29-20/h6-7,10H,3-5,8-9H2,1-2H3,(H2,21,24)(H,22,25)(H,23,26). The van der Waals surface area contributed by atoms with E-state index in [1.165, 1.54) is 11.3 Å². The number of hydrogen-bond donors (Lipinski definition) is 3. The van der Waals surface area contributed by atoms with Gasteiger partial charge < -0.3 is 25.8 Å². The first kappa shape index (κ1) is 20.7. The number of primary amides is 1. The fourth-order valence-corrected chi connectivity index (χ4v) is 4.64. The third-order valence-corrected chi connectivity index (χ3v) is 5.96. The van der Waals surface area contributed by atoms with Crippen LogP contribution in [-0.4, -0.2) is 38.5 Å². The van der Waals surface area contributed by atoms with Crippen LogP contribution in [0.15, 0.2) is 18.2 Å². The van der Waals surface area contributed by atoms with E-state index < -0.39 is 17.7 Å². The molecule has 0 spiro atoms. The topological polar surface area (TPSA) is 120 Å². The van der Waals surface area contributed by atoms with Gasteiger partial charge in [-0.05, 0) is 48.9 Å². The molecule has 0 unspecified atom stereocenters. The number of amides is 3. The molecule has 0 saturated heterocycles. The number of benzene rings is 1. The van der Waals surface area contributed by atoms with E-state index in [2.05, 4.69) is 10.6 Å². The van der Waals surface area contributed by atoms with Gasteiger partial charge in [-0.15, -0.1) is 11.3 Å². The highest BCUT2D eigenvalue weighted by molar-refractivity contribution is 7.17. The Morgan fingerprint density at radius 3 is 2.55 bits per heavy atom. The summed E-state index contributed by atoms with van der Waals surface area (Å²) in [6.45, 7) is 0.269. The summed E-state index contributed by atoms with van der Waals surface area (Å²) in [5.41, 5.74) is 7.62. The molecular formula is C20H23N3O5S. The number of ether oxygens (including phenoxy) is 2. The lowest BCUT2D eigenvalue weighted by molar-refractivity contribution is -0.136. The quantitative estimate of drug-likeness (QED) is 0.592. The molecule has 1 aromatic heterocycles. The molecule has 0 fully saturated rings. The second-order valence-corrected chi connectivity index (χ2v) is 7.68. The van der Waals surface area contributed by atoms with Gasteiger partial charge in [0.15, 0.2) is 11.5 Å². The van der Waals surface area contributed by atoms with Crippen LogP contribution in [0, 0.1) is 0 Å². The molecule has 9 heteroatoms. The summed E-state index contributed by atoms with van der Waals surface area (Å²) < 4.78 is 10.4. The number of rotatable bonds is 7. The maximum atomic E-state index is 12.2. The van der Waals surface area contributed by atoms with Crippen LogP contribution in [0.2, 0.25) is 0 Å². The SMILES string of the molecule is COc1ccc(CCNC(=O)C(=O)Nc2sc3c(c2C(N)=O)CCC3)cc1OC. The van der Waals surface area contributed by atoms with Crippen LogP contribution in [0.4, 0.5) is 5.00 Å². The van der Waals surface area contributed by atoms with Crippen LogP contribution in [0.25, 0.3) is 0 Å². The van der Waals surface area contributed by atoms with Gasteiger partial charge in [0.1, 0.15) is 5.00 Å². The number of fused-ring (bicyclic) bond motifs is 1. The van der Waals surface area contributed by atoms with Gasteiger partial charge in [-0.1, -0.05) is 6.07 Å². The second kappa shape index (κ2) is 8.95. The Kier molecular flexibility index (Phi) is 6.38. The van der Waals surface area contributed by atoms with Crippen molar-refractivity contribution in [2.24, 2.45) is 5.73 Å². The molecule has 0 bridgehead atoms. The van der Waals surface area contributed by atoms with Crippen LogP contribution in [0.5, 0.6) is 11.5 Å². The number of anilines is 1. The Labute approximate surface area is 172 Å². The van der Waals surface area contributed by atoms with Gasteiger partial charge in [0.05, 0.1) is 19.8 Å². The zero-order chi connectivity index (χ0) is 21.0. The van der Waals surface area contributed by atoms with E-state index in [1.807, 2.05) is 12.1 Å².